The van der Waals surface area contributed by atoms with E-state index in [2.05, 4.69) is 10.5 Å². The summed E-state index contributed by atoms with van der Waals surface area (Å²) in [5.41, 5.74) is 4.31. The Morgan fingerprint density at radius 1 is 1.04 bits per heavy atom. The number of anilines is 1. The molecule has 2 aromatic rings. The maximum atomic E-state index is 11.2. The van der Waals surface area contributed by atoms with Crippen LogP contribution in [0.15, 0.2) is 52.5 Å². The highest BCUT2D eigenvalue weighted by Crippen LogP contribution is 2.30. The average Bonchev–Trinajstić information content (AvgIpc) is 2.54. The van der Waals surface area contributed by atoms with E-state index in [1.807, 2.05) is 18.2 Å². The fraction of sp³-hybridized carbons (Fsp3) is 0.133. The zero-order chi connectivity index (χ0) is 16.3. The van der Waals surface area contributed by atoms with E-state index in [1.165, 1.54) is 12.1 Å². The zero-order valence-corrected chi connectivity index (χ0v) is 12.9. The lowest BCUT2D eigenvalue weighted by Gasteiger charge is -2.18. The summed E-state index contributed by atoms with van der Waals surface area (Å²) in [5, 5.41) is 9.14. The zero-order valence-electron chi connectivity index (χ0n) is 12.1. The van der Waals surface area contributed by atoms with Crippen molar-refractivity contribution in [3.05, 3.63) is 48.0 Å². The van der Waals surface area contributed by atoms with E-state index in [0.717, 1.165) is 11.3 Å². The number of sulfonamides is 1. The first-order valence-electron chi connectivity index (χ1n) is 6.84. The molecule has 0 atom stereocenters. The molecule has 0 unspecified atom stereocenters. The maximum absolute atomic E-state index is 11.2. The van der Waals surface area contributed by atoms with Gasteiger partial charge in [0.05, 0.1) is 16.8 Å². The van der Waals surface area contributed by atoms with Crippen LogP contribution in [-0.4, -0.2) is 27.8 Å². The van der Waals surface area contributed by atoms with Gasteiger partial charge in [0.1, 0.15) is 13.2 Å². The number of hydrazone groups is 1. The lowest BCUT2D eigenvalue weighted by atomic mass is 10.2. The normalized spacial score (nSPS) is 14.0. The molecule has 0 aliphatic carbocycles. The number of hydrogen-bond donors (Lipinski definition) is 2. The fourth-order valence-electron chi connectivity index (χ4n) is 2.04. The van der Waals surface area contributed by atoms with Crippen molar-refractivity contribution in [2.75, 3.05) is 18.6 Å². The molecule has 1 heterocycles. The van der Waals surface area contributed by atoms with Crippen molar-refractivity contribution < 1.29 is 17.9 Å². The third kappa shape index (κ3) is 3.79. The van der Waals surface area contributed by atoms with Crippen LogP contribution in [0.4, 0.5) is 5.69 Å². The number of primary sulfonamides is 1. The van der Waals surface area contributed by atoms with Gasteiger partial charge in [0.15, 0.2) is 11.5 Å². The minimum Gasteiger partial charge on any atom is -0.486 e. The Morgan fingerprint density at radius 2 is 1.74 bits per heavy atom. The van der Waals surface area contributed by atoms with Gasteiger partial charge in [-0.25, -0.2) is 13.6 Å². The van der Waals surface area contributed by atoms with Crippen molar-refractivity contribution in [1.29, 1.82) is 0 Å². The quantitative estimate of drug-likeness (QED) is 0.653. The van der Waals surface area contributed by atoms with Crippen LogP contribution in [0.2, 0.25) is 0 Å². The SMILES string of the molecule is NS(=O)(=O)c1ccc(NN=Cc2ccc3c(c2)OCCO3)cc1. The molecule has 0 aromatic heterocycles. The minimum atomic E-state index is -3.68. The fourth-order valence-corrected chi connectivity index (χ4v) is 2.56. The van der Waals surface area contributed by atoms with Gasteiger partial charge in [-0.1, -0.05) is 0 Å². The molecule has 23 heavy (non-hydrogen) atoms. The Kier molecular flexibility index (Phi) is 4.18. The van der Waals surface area contributed by atoms with E-state index >= 15 is 0 Å². The second-order valence-corrected chi connectivity index (χ2v) is 6.40. The first kappa shape index (κ1) is 15.3. The summed E-state index contributed by atoms with van der Waals surface area (Å²) in [6, 6.07) is 11.5. The Bertz CT molecular complexity index is 832. The number of benzene rings is 2. The van der Waals surface area contributed by atoms with Gasteiger partial charge in [0, 0.05) is 0 Å². The highest BCUT2D eigenvalue weighted by molar-refractivity contribution is 7.89. The maximum Gasteiger partial charge on any atom is 0.238 e. The van der Waals surface area contributed by atoms with Gasteiger partial charge in [0.2, 0.25) is 10.0 Å². The first-order valence-corrected chi connectivity index (χ1v) is 8.38. The number of nitrogens with one attached hydrogen (secondary N) is 1. The molecule has 2 aromatic carbocycles. The number of hydrogen-bond acceptors (Lipinski definition) is 6. The van der Waals surface area contributed by atoms with Crippen LogP contribution >= 0.6 is 0 Å². The van der Waals surface area contributed by atoms with Crippen LogP contribution in [0.25, 0.3) is 0 Å². The molecular formula is C15H15N3O4S. The van der Waals surface area contributed by atoms with Crippen molar-refractivity contribution in [1.82, 2.24) is 0 Å². The van der Waals surface area contributed by atoms with E-state index < -0.39 is 10.0 Å². The van der Waals surface area contributed by atoms with E-state index in [0.29, 0.717) is 24.7 Å². The molecule has 7 nitrogen and oxygen atoms in total. The standard InChI is InChI=1S/C15H15N3O4S/c16-23(19,20)13-4-2-12(3-5-13)18-17-10-11-1-6-14-15(9-11)22-8-7-21-14/h1-6,9-10,18H,7-8H2,(H2,16,19,20). The Balaban J connectivity index is 1.67. The molecule has 0 bridgehead atoms. The van der Waals surface area contributed by atoms with Crippen molar-refractivity contribution in [3.8, 4) is 11.5 Å². The number of nitrogens with two attached hydrogens (primary N) is 1. The number of rotatable bonds is 4. The van der Waals surface area contributed by atoms with Gasteiger partial charge in [-0.15, -0.1) is 0 Å². The molecule has 0 fully saturated rings. The third-order valence-corrected chi connectivity index (χ3v) is 4.09. The van der Waals surface area contributed by atoms with Gasteiger partial charge in [0.25, 0.3) is 0 Å². The molecule has 1 aliphatic rings. The van der Waals surface area contributed by atoms with Crippen LogP contribution in [0.1, 0.15) is 5.56 Å². The second kappa shape index (κ2) is 6.27. The highest BCUT2D eigenvalue weighted by atomic mass is 32.2. The summed E-state index contributed by atoms with van der Waals surface area (Å²) >= 11 is 0. The van der Waals surface area contributed by atoms with Crippen LogP contribution in [0.5, 0.6) is 11.5 Å². The molecule has 0 saturated carbocycles. The minimum absolute atomic E-state index is 0.0545. The summed E-state index contributed by atoms with van der Waals surface area (Å²) in [6.45, 7) is 1.08. The number of nitrogens with zero attached hydrogens (tertiary/aromatic N) is 1. The molecule has 0 saturated heterocycles. The Morgan fingerprint density at radius 3 is 2.43 bits per heavy atom. The van der Waals surface area contributed by atoms with Crippen molar-refractivity contribution in [3.63, 3.8) is 0 Å². The summed E-state index contributed by atoms with van der Waals surface area (Å²) in [7, 11) is -3.68. The molecule has 0 radical (unpaired) electrons. The lowest BCUT2D eigenvalue weighted by Crippen LogP contribution is -2.15. The summed E-state index contributed by atoms with van der Waals surface area (Å²) in [4.78, 5) is 0.0545. The summed E-state index contributed by atoms with van der Waals surface area (Å²) in [6.07, 6.45) is 1.63. The number of fused-ring (bicyclic) bond motifs is 1. The van der Waals surface area contributed by atoms with E-state index in [-0.39, 0.29) is 4.90 Å². The molecular weight excluding hydrogens is 318 g/mol. The molecule has 0 spiro atoms. The predicted molar refractivity (Wildman–Crippen MR) is 86.5 cm³/mol. The third-order valence-electron chi connectivity index (χ3n) is 3.16. The molecule has 120 valence electrons. The van der Waals surface area contributed by atoms with Crippen LogP contribution in [0, 0.1) is 0 Å². The average molecular weight is 333 g/mol. The molecule has 0 amide bonds. The second-order valence-electron chi connectivity index (χ2n) is 4.84. The predicted octanol–water partition coefficient (Wildman–Crippen LogP) is 1.55. The van der Waals surface area contributed by atoms with Gasteiger partial charge < -0.3 is 9.47 Å². The van der Waals surface area contributed by atoms with Crippen molar-refractivity contribution in [2.45, 2.75) is 4.90 Å². The van der Waals surface area contributed by atoms with Gasteiger partial charge in [-0.2, -0.15) is 5.10 Å². The molecule has 8 heteroatoms. The van der Waals surface area contributed by atoms with Crippen molar-refractivity contribution in [2.24, 2.45) is 10.2 Å². The Labute approximate surface area is 133 Å². The smallest absolute Gasteiger partial charge is 0.238 e. The van der Waals surface area contributed by atoms with Crippen LogP contribution in [0.3, 0.4) is 0 Å². The topological polar surface area (TPSA) is 103 Å². The largest absolute Gasteiger partial charge is 0.486 e. The Hall–Kier alpha value is -2.58. The lowest BCUT2D eigenvalue weighted by molar-refractivity contribution is 0.171. The van der Waals surface area contributed by atoms with Gasteiger partial charge >= 0.3 is 0 Å². The van der Waals surface area contributed by atoms with Crippen LogP contribution in [-0.2, 0) is 10.0 Å². The van der Waals surface area contributed by atoms with Crippen molar-refractivity contribution >= 4 is 21.9 Å². The van der Waals surface area contributed by atoms with E-state index in [4.69, 9.17) is 14.6 Å². The molecule has 1 aliphatic heterocycles. The van der Waals surface area contributed by atoms with Gasteiger partial charge in [-0.3, -0.25) is 5.43 Å². The monoisotopic (exact) mass is 333 g/mol. The molecule has 3 N–H and O–H groups in total. The summed E-state index contributed by atoms with van der Waals surface area (Å²) in [5.74, 6) is 1.41. The molecule has 3 rings (SSSR count). The number of ether oxygens (including phenoxy) is 2. The van der Waals surface area contributed by atoms with Crippen LogP contribution < -0.4 is 20.0 Å². The highest BCUT2D eigenvalue weighted by Gasteiger charge is 2.10. The first-order chi connectivity index (χ1) is 11.0. The summed E-state index contributed by atoms with van der Waals surface area (Å²) < 4.78 is 33.3. The van der Waals surface area contributed by atoms with Gasteiger partial charge in [-0.05, 0) is 48.0 Å². The van der Waals surface area contributed by atoms with E-state index in [9.17, 15) is 8.42 Å². The van der Waals surface area contributed by atoms with E-state index in [1.54, 1.807) is 18.3 Å².